The van der Waals surface area contributed by atoms with Crippen LogP contribution in [0, 0.1) is 6.92 Å². The van der Waals surface area contributed by atoms with Gasteiger partial charge in [0.05, 0.1) is 31.6 Å². The highest BCUT2D eigenvalue weighted by molar-refractivity contribution is 7.94. The molecule has 1 aliphatic heterocycles. The van der Waals surface area contributed by atoms with Crippen LogP contribution < -0.4 is 15.5 Å². The Balaban J connectivity index is 1.53. The minimum atomic E-state index is -3.75. The highest BCUT2D eigenvalue weighted by Gasteiger charge is 2.59. The van der Waals surface area contributed by atoms with E-state index >= 15 is 0 Å². The standard InChI is InChI=1S/C25H30N6O5S2/c1-16-15-37-24(27-16)38(34,35)25(7-8-25)20-13-21(31-10-12-36-14-17(31)2)30-22(29-20)18-3-5-19(6-4-18)28-23(33)26-9-11-32/h3-6,13,15,17,32H,7-12,14H2,1-2H3,(H2,26,28,33)/t17-/m0/s1. The molecule has 2 amide bonds. The van der Waals surface area contributed by atoms with Crippen molar-refractivity contribution in [2.75, 3.05) is 43.1 Å². The number of carbonyl (C=O) groups excluding carboxylic acids is 1. The largest absolute Gasteiger partial charge is 0.395 e. The lowest BCUT2D eigenvalue weighted by Crippen LogP contribution is -2.44. The Morgan fingerprint density at radius 1 is 1.24 bits per heavy atom. The van der Waals surface area contributed by atoms with Crippen molar-refractivity contribution in [1.29, 1.82) is 0 Å². The Hall–Kier alpha value is -3.13. The molecule has 13 heteroatoms. The van der Waals surface area contributed by atoms with Crippen molar-refractivity contribution in [2.45, 2.75) is 41.8 Å². The van der Waals surface area contributed by atoms with Gasteiger partial charge in [-0.2, -0.15) is 0 Å². The first-order chi connectivity index (χ1) is 18.2. The smallest absolute Gasteiger partial charge is 0.319 e. The predicted octanol–water partition coefficient (Wildman–Crippen LogP) is 2.71. The molecular formula is C25H30N6O5S2. The van der Waals surface area contributed by atoms with Crippen molar-refractivity contribution >= 4 is 38.7 Å². The molecule has 1 saturated carbocycles. The molecule has 1 aromatic carbocycles. The van der Waals surface area contributed by atoms with Crippen LogP contribution in [0.4, 0.5) is 16.3 Å². The number of aryl methyl sites for hydroxylation is 1. The van der Waals surface area contributed by atoms with Gasteiger partial charge in [0.2, 0.25) is 14.2 Å². The maximum absolute atomic E-state index is 13.7. The van der Waals surface area contributed by atoms with Crippen LogP contribution in [0.5, 0.6) is 0 Å². The second kappa shape index (κ2) is 10.6. The van der Waals surface area contributed by atoms with Gasteiger partial charge in [0, 0.05) is 41.5 Å². The molecule has 3 aromatic rings. The molecule has 0 radical (unpaired) electrons. The highest BCUT2D eigenvalue weighted by Crippen LogP contribution is 2.55. The van der Waals surface area contributed by atoms with Gasteiger partial charge >= 0.3 is 6.03 Å². The maximum Gasteiger partial charge on any atom is 0.319 e. The summed E-state index contributed by atoms with van der Waals surface area (Å²) < 4.78 is 32.1. The van der Waals surface area contributed by atoms with Gasteiger partial charge in [-0.25, -0.2) is 28.2 Å². The second-order valence-electron chi connectivity index (χ2n) is 9.49. The number of nitrogens with zero attached hydrogens (tertiary/aromatic N) is 4. The zero-order valence-electron chi connectivity index (χ0n) is 21.2. The zero-order chi connectivity index (χ0) is 26.9. The van der Waals surface area contributed by atoms with Gasteiger partial charge in [-0.15, -0.1) is 11.3 Å². The van der Waals surface area contributed by atoms with E-state index < -0.39 is 20.6 Å². The van der Waals surface area contributed by atoms with E-state index in [1.165, 1.54) is 0 Å². The fourth-order valence-corrected chi connectivity index (χ4v) is 7.73. The molecule has 1 aliphatic carbocycles. The maximum atomic E-state index is 13.7. The molecule has 38 heavy (non-hydrogen) atoms. The quantitative estimate of drug-likeness (QED) is 0.380. The average molecular weight is 559 g/mol. The van der Waals surface area contributed by atoms with Gasteiger partial charge in [0.15, 0.2) is 5.82 Å². The summed E-state index contributed by atoms with van der Waals surface area (Å²) in [6.07, 6.45) is 0.933. The molecule has 1 saturated heterocycles. The van der Waals surface area contributed by atoms with E-state index in [0.29, 0.717) is 66.9 Å². The number of hydrogen-bond donors (Lipinski definition) is 3. The Morgan fingerprint density at radius 2 is 2.00 bits per heavy atom. The van der Waals surface area contributed by atoms with Gasteiger partial charge in [-0.3, -0.25) is 0 Å². The Kier molecular flexibility index (Phi) is 7.36. The van der Waals surface area contributed by atoms with Crippen molar-refractivity contribution in [2.24, 2.45) is 0 Å². The van der Waals surface area contributed by atoms with Crippen LogP contribution in [0.25, 0.3) is 11.4 Å². The molecule has 0 unspecified atom stereocenters. The van der Waals surface area contributed by atoms with Crippen LogP contribution in [-0.4, -0.2) is 73.5 Å². The Bertz CT molecular complexity index is 1420. The third kappa shape index (κ3) is 5.10. The molecule has 3 heterocycles. The number of nitrogens with one attached hydrogen (secondary N) is 2. The van der Waals surface area contributed by atoms with Crippen molar-refractivity contribution in [3.05, 3.63) is 47.1 Å². The lowest BCUT2D eigenvalue weighted by atomic mass is 10.1. The van der Waals surface area contributed by atoms with E-state index in [2.05, 4.69) is 20.5 Å². The summed E-state index contributed by atoms with van der Waals surface area (Å²) in [6.45, 7) is 5.57. The number of anilines is 2. The zero-order valence-corrected chi connectivity index (χ0v) is 22.8. The summed E-state index contributed by atoms with van der Waals surface area (Å²) in [4.78, 5) is 27.9. The fraction of sp³-hybridized carbons (Fsp3) is 0.440. The van der Waals surface area contributed by atoms with Crippen LogP contribution in [0.15, 0.2) is 40.1 Å². The molecule has 202 valence electrons. The van der Waals surface area contributed by atoms with Crippen molar-refractivity contribution in [1.82, 2.24) is 20.3 Å². The molecule has 3 N–H and O–H groups in total. The van der Waals surface area contributed by atoms with Crippen LogP contribution in [0.2, 0.25) is 0 Å². The van der Waals surface area contributed by atoms with Crippen LogP contribution >= 0.6 is 11.3 Å². The average Bonchev–Trinajstić information content (AvgIpc) is 3.63. The molecule has 2 aromatic heterocycles. The summed E-state index contributed by atoms with van der Waals surface area (Å²) in [5.41, 5.74) is 2.39. The van der Waals surface area contributed by atoms with Gasteiger partial charge in [-0.1, -0.05) is 0 Å². The summed E-state index contributed by atoms with van der Waals surface area (Å²) in [7, 11) is -3.75. The number of morpholine rings is 1. The monoisotopic (exact) mass is 558 g/mol. The molecule has 11 nitrogen and oxygen atoms in total. The second-order valence-corrected chi connectivity index (χ2v) is 12.8. The summed E-state index contributed by atoms with van der Waals surface area (Å²) in [5, 5.41) is 15.8. The van der Waals surface area contributed by atoms with Crippen LogP contribution in [0.1, 0.15) is 31.2 Å². The Labute approximate surface area is 225 Å². The molecule has 1 atom stereocenters. The van der Waals surface area contributed by atoms with E-state index in [1.807, 2.05) is 6.92 Å². The third-order valence-electron chi connectivity index (χ3n) is 6.69. The third-order valence-corrected chi connectivity index (χ3v) is 10.6. The lowest BCUT2D eigenvalue weighted by Gasteiger charge is -2.34. The minimum Gasteiger partial charge on any atom is -0.395 e. The number of sulfone groups is 1. The highest BCUT2D eigenvalue weighted by atomic mass is 32.2. The van der Waals surface area contributed by atoms with E-state index in [1.54, 1.807) is 42.6 Å². The van der Waals surface area contributed by atoms with E-state index in [-0.39, 0.29) is 23.5 Å². The van der Waals surface area contributed by atoms with Gasteiger partial charge in [-0.05, 0) is 51.0 Å². The number of ether oxygens (including phenoxy) is 1. The lowest BCUT2D eigenvalue weighted by molar-refractivity contribution is 0.0985. The number of hydrogen-bond acceptors (Lipinski definition) is 10. The SMILES string of the molecule is Cc1csc(S(=O)(=O)C2(c3cc(N4CCOC[C@@H]4C)nc(-c4ccc(NC(=O)NCCO)cc4)n3)CC2)n1. The van der Waals surface area contributed by atoms with Gasteiger partial charge < -0.3 is 25.4 Å². The number of rotatable bonds is 8. The minimum absolute atomic E-state index is 0.0664. The normalized spacial score (nSPS) is 18.7. The molecule has 5 rings (SSSR count). The van der Waals surface area contributed by atoms with Crippen LogP contribution in [-0.2, 0) is 19.3 Å². The number of thiazole rings is 1. The number of aromatic nitrogens is 3. The number of aliphatic hydroxyl groups is 1. The summed E-state index contributed by atoms with van der Waals surface area (Å²) >= 11 is 1.14. The number of aliphatic hydroxyl groups excluding tert-OH is 1. The predicted molar refractivity (Wildman–Crippen MR) is 144 cm³/mol. The summed E-state index contributed by atoms with van der Waals surface area (Å²) in [6, 6.07) is 8.46. The summed E-state index contributed by atoms with van der Waals surface area (Å²) in [5.74, 6) is 1.06. The number of benzene rings is 1. The molecule has 0 bridgehead atoms. The molecular weight excluding hydrogens is 528 g/mol. The molecule has 2 fully saturated rings. The molecule has 2 aliphatic rings. The van der Waals surface area contributed by atoms with E-state index in [9.17, 15) is 13.2 Å². The Morgan fingerprint density at radius 3 is 2.63 bits per heavy atom. The number of amides is 2. The first-order valence-corrected chi connectivity index (χ1v) is 14.8. The van der Waals surface area contributed by atoms with Crippen molar-refractivity contribution < 1.29 is 23.1 Å². The molecule has 0 spiro atoms. The number of urea groups is 1. The van der Waals surface area contributed by atoms with E-state index in [4.69, 9.17) is 19.8 Å². The van der Waals surface area contributed by atoms with Gasteiger partial charge in [0.25, 0.3) is 0 Å². The number of carbonyl (C=O) groups is 1. The van der Waals surface area contributed by atoms with Crippen molar-refractivity contribution in [3.8, 4) is 11.4 Å². The van der Waals surface area contributed by atoms with Gasteiger partial charge in [0.1, 0.15) is 10.6 Å². The van der Waals surface area contributed by atoms with Crippen molar-refractivity contribution in [3.63, 3.8) is 0 Å². The fourth-order valence-electron chi connectivity index (χ4n) is 4.46. The van der Waals surface area contributed by atoms with E-state index in [0.717, 1.165) is 11.3 Å². The van der Waals surface area contributed by atoms with Crippen LogP contribution in [0.3, 0.4) is 0 Å². The topological polar surface area (TPSA) is 147 Å². The first-order valence-electron chi connectivity index (χ1n) is 12.4. The first kappa shape index (κ1) is 26.5.